The van der Waals surface area contributed by atoms with E-state index in [1.54, 1.807) is 6.07 Å². The molecule has 5 rings (SSSR count). The monoisotopic (exact) mass is 508 g/mol. The van der Waals surface area contributed by atoms with Crippen molar-refractivity contribution in [1.29, 1.82) is 0 Å². The van der Waals surface area contributed by atoms with Gasteiger partial charge >= 0.3 is 17.9 Å². The van der Waals surface area contributed by atoms with Crippen LogP contribution in [0.4, 0.5) is 0 Å². The quantitative estimate of drug-likeness (QED) is 0.188. The summed E-state index contributed by atoms with van der Waals surface area (Å²) in [6, 6.07) is 29.8. The normalized spacial score (nSPS) is 12.5. The molecule has 0 N–H and O–H groups in total. The molecule has 1 aliphatic heterocycles. The molecule has 0 spiro atoms. The molecule has 4 aromatic rings. The Morgan fingerprint density at radius 3 is 2.08 bits per heavy atom. The van der Waals surface area contributed by atoms with Crippen molar-refractivity contribution >= 4 is 34.4 Å². The van der Waals surface area contributed by atoms with Crippen LogP contribution in [-0.2, 0) is 28.6 Å². The minimum atomic E-state index is -0.861. The van der Waals surface area contributed by atoms with Crippen molar-refractivity contribution in [3.63, 3.8) is 0 Å². The topological polar surface area (TPSA) is 88.1 Å². The molecule has 0 saturated heterocycles. The van der Waals surface area contributed by atoms with Gasteiger partial charge in [-0.15, -0.1) is 0 Å². The maximum Gasteiger partial charge on any atom is 0.342 e. The number of esters is 3. The van der Waals surface area contributed by atoms with Crippen LogP contribution in [0.1, 0.15) is 29.2 Å². The lowest BCUT2D eigenvalue weighted by molar-refractivity contribution is -0.149. The van der Waals surface area contributed by atoms with Gasteiger partial charge in [-0.2, -0.15) is 0 Å². The van der Waals surface area contributed by atoms with E-state index in [9.17, 15) is 14.4 Å². The van der Waals surface area contributed by atoms with Crippen LogP contribution in [0.15, 0.2) is 103 Å². The Balaban J connectivity index is 1.59. The van der Waals surface area contributed by atoms with Crippen molar-refractivity contribution in [2.24, 2.45) is 0 Å². The lowest BCUT2D eigenvalue weighted by Gasteiger charge is -2.26. The van der Waals surface area contributed by atoms with Gasteiger partial charge in [0.25, 0.3) is 0 Å². The summed E-state index contributed by atoms with van der Waals surface area (Å²) in [7, 11) is 1.18. The van der Waals surface area contributed by atoms with Crippen molar-refractivity contribution in [1.82, 2.24) is 0 Å². The van der Waals surface area contributed by atoms with Crippen LogP contribution < -0.4 is 4.74 Å². The minimum Gasteiger partial charge on any atom is -0.488 e. The van der Waals surface area contributed by atoms with Crippen LogP contribution >= 0.6 is 0 Å². The zero-order valence-corrected chi connectivity index (χ0v) is 20.6. The van der Waals surface area contributed by atoms with Gasteiger partial charge in [0.15, 0.2) is 11.9 Å². The molecule has 0 radical (unpaired) electrons. The summed E-state index contributed by atoms with van der Waals surface area (Å²) in [5.41, 5.74) is 2.03. The van der Waals surface area contributed by atoms with Gasteiger partial charge < -0.3 is 18.9 Å². The molecule has 7 nitrogen and oxygen atoms in total. The third-order valence-electron chi connectivity index (χ3n) is 6.17. The Labute approximate surface area is 219 Å². The number of carbonyl (C=O) groups excluding carboxylic acids is 3. The SMILES string of the molecule is COC(=O)CC(=O)OC1=C(C(=O)OC(c2ccccc2)c2ccccc2)COc2ccc3ccccc3c21. The minimum absolute atomic E-state index is 0.00169. The number of carbonyl (C=O) groups is 3. The standard InChI is InChI=1S/C31H24O7/c1-35-26(32)18-27(33)37-30-24(19-36-25-17-16-20-10-8-9-15-23(20)28(25)30)31(34)38-29(21-11-4-2-5-12-21)22-13-6-3-7-14-22/h2-17,29H,18-19H2,1H3. The summed E-state index contributed by atoms with van der Waals surface area (Å²) < 4.78 is 22.3. The molecule has 1 aliphatic rings. The average molecular weight is 509 g/mol. The van der Waals surface area contributed by atoms with Gasteiger partial charge in [-0.3, -0.25) is 9.59 Å². The van der Waals surface area contributed by atoms with Gasteiger partial charge in [0.2, 0.25) is 0 Å². The molecule has 0 amide bonds. The van der Waals surface area contributed by atoms with E-state index in [1.807, 2.05) is 91.0 Å². The lowest BCUT2D eigenvalue weighted by atomic mass is 9.97. The number of methoxy groups -OCH3 is 1. The first-order valence-electron chi connectivity index (χ1n) is 12.0. The molecule has 0 bridgehead atoms. The second-order valence-corrected chi connectivity index (χ2v) is 8.59. The maximum atomic E-state index is 13.7. The van der Waals surface area contributed by atoms with Gasteiger partial charge in [-0.1, -0.05) is 91.0 Å². The largest absolute Gasteiger partial charge is 0.488 e. The van der Waals surface area contributed by atoms with Crippen molar-refractivity contribution in [3.8, 4) is 5.75 Å². The number of hydrogen-bond donors (Lipinski definition) is 0. The highest BCUT2D eigenvalue weighted by Gasteiger charge is 2.33. The predicted molar refractivity (Wildman–Crippen MR) is 140 cm³/mol. The van der Waals surface area contributed by atoms with Crippen LogP contribution in [0.25, 0.3) is 16.5 Å². The first-order chi connectivity index (χ1) is 18.5. The van der Waals surface area contributed by atoms with E-state index in [4.69, 9.17) is 14.2 Å². The molecular formula is C31H24O7. The van der Waals surface area contributed by atoms with Crippen LogP contribution in [0.3, 0.4) is 0 Å². The zero-order valence-electron chi connectivity index (χ0n) is 20.6. The number of rotatable bonds is 7. The third kappa shape index (κ3) is 5.13. The van der Waals surface area contributed by atoms with Gasteiger partial charge in [-0.25, -0.2) is 4.79 Å². The fraction of sp³-hybridized carbons (Fsp3) is 0.129. The van der Waals surface area contributed by atoms with Gasteiger partial charge in [-0.05, 0) is 28.0 Å². The Morgan fingerprint density at radius 2 is 1.42 bits per heavy atom. The highest BCUT2D eigenvalue weighted by Crippen LogP contribution is 2.40. The molecule has 7 heteroatoms. The molecule has 38 heavy (non-hydrogen) atoms. The Kier molecular flexibility index (Phi) is 7.17. The molecule has 0 aliphatic carbocycles. The van der Waals surface area contributed by atoms with E-state index in [0.717, 1.165) is 21.9 Å². The molecule has 0 aromatic heterocycles. The molecule has 4 aromatic carbocycles. The van der Waals surface area contributed by atoms with Gasteiger partial charge in [0.05, 0.1) is 12.7 Å². The second-order valence-electron chi connectivity index (χ2n) is 8.59. The molecule has 190 valence electrons. The molecule has 0 unspecified atom stereocenters. The first-order valence-corrected chi connectivity index (χ1v) is 12.0. The van der Waals surface area contributed by atoms with Crippen molar-refractivity contribution in [2.75, 3.05) is 13.7 Å². The molecular weight excluding hydrogens is 484 g/mol. The maximum absolute atomic E-state index is 13.7. The second kappa shape index (κ2) is 11.0. The summed E-state index contributed by atoms with van der Waals surface area (Å²) in [6.07, 6.45) is -1.32. The van der Waals surface area contributed by atoms with Gasteiger partial charge in [0, 0.05) is 0 Å². The summed E-state index contributed by atoms with van der Waals surface area (Å²) in [5.74, 6) is -1.87. The Bertz CT molecular complexity index is 1480. The number of ether oxygens (including phenoxy) is 4. The zero-order chi connectivity index (χ0) is 26.5. The van der Waals surface area contributed by atoms with E-state index in [1.165, 1.54) is 7.11 Å². The average Bonchev–Trinajstić information content (AvgIpc) is 2.96. The lowest BCUT2D eigenvalue weighted by Crippen LogP contribution is -2.24. The molecule has 0 saturated carbocycles. The summed E-state index contributed by atoms with van der Waals surface area (Å²) in [4.78, 5) is 38.2. The Hall–Kier alpha value is -4.91. The van der Waals surface area contributed by atoms with Crippen LogP contribution in [-0.4, -0.2) is 31.6 Å². The van der Waals surface area contributed by atoms with E-state index in [2.05, 4.69) is 4.74 Å². The fourth-order valence-corrected chi connectivity index (χ4v) is 4.34. The summed E-state index contributed by atoms with van der Waals surface area (Å²) in [5, 5.41) is 1.58. The van der Waals surface area contributed by atoms with Crippen molar-refractivity contribution < 1.29 is 33.3 Å². The highest BCUT2D eigenvalue weighted by molar-refractivity contribution is 6.06. The van der Waals surface area contributed by atoms with Crippen LogP contribution in [0, 0.1) is 0 Å². The number of hydrogen-bond acceptors (Lipinski definition) is 7. The van der Waals surface area contributed by atoms with Crippen molar-refractivity contribution in [2.45, 2.75) is 12.5 Å². The van der Waals surface area contributed by atoms with E-state index >= 15 is 0 Å². The summed E-state index contributed by atoms with van der Waals surface area (Å²) in [6.45, 7) is -0.179. The molecule has 1 heterocycles. The fourth-order valence-electron chi connectivity index (χ4n) is 4.34. The molecule has 0 fully saturated rings. The van der Waals surface area contributed by atoms with Crippen LogP contribution in [0.5, 0.6) is 5.75 Å². The number of benzene rings is 4. The smallest absolute Gasteiger partial charge is 0.342 e. The van der Waals surface area contributed by atoms with Crippen LogP contribution in [0.2, 0.25) is 0 Å². The highest BCUT2D eigenvalue weighted by atomic mass is 16.6. The summed E-state index contributed by atoms with van der Waals surface area (Å²) >= 11 is 0. The van der Waals surface area contributed by atoms with Crippen molar-refractivity contribution in [3.05, 3.63) is 119 Å². The Morgan fingerprint density at radius 1 is 0.789 bits per heavy atom. The molecule has 0 atom stereocenters. The van der Waals surface area contributed by atoms with Gasteiger partial charge in [0.1, 0.15) is 24.4 Å². The first kappa shape index (κ1) is 24.8. The van der Waals surface area contributed by atoms with E-state index in [0.29, 0.717) is 11.3 Å². The van der Waals surface area contributed by atoms with E-state index < -0.39 is 30.4 Å². The predicted octanol–water partition coefficient (Wildman–Crippen LogP) is 5.38. The third-order valence-corrected chi connectivity index (χ3v) is 6.17. The van der Waals surface area contributed by atoms with E-state index in [-0.39, 0.29) is 17.9 Å². The number of fused-ring (bicyclic) bond motifs is 3.